The van der Waals surface area contributed by atoms with Crippen LogP contribution in [0.1, 0.15) is 70.8 Å². The predicted molar refractivity (Wildman–Crippen MR) is 118 cm³/mol. The highest BCUT2D eigenvalue weighted by Crippen LogP contribution is 2.29. The van der Waals surface area contributed by atoms with Crippen LogP contribution in [0.15, 0.2) is 22.7 Å². The molecule has 3 nitrogen and oxygen atoms in total. The number of halogens is 1. The number of hydrogen-bond acceptors (Lipinski definition) is 3. The van der Waals surface area contributed by atoms with Crippen molar-refractivity contribution in [3.8, 4) is 5.75 Å². The molecule has 27 heavy (non-hydrogen) atoms. The third-order valence-electron chi connectivity index (χ3n) is 5.72. The molecule has 0 spiro atoms. The van der Waals surface area contributed by atoms with Gasteiger partial charge in [-0.3, -0.25) is 0 Å². The maximum Gasteiger partial charge on any atom is 0.133 e. The molecule has 4 heteroatoms. The summed E-state index contributed by atoms with van der Waals surface area (Å²) in [6.45, 7) is 8.32. The van der Waals surface area contributed by atoms with Crippen molar-refractivity contribution in [1.29, 1.82) is 0 Å². The van der Waals surface area contributed by atoms with Gasteiger partial charge in [0.1, 0.15) is 5.75 Å². The molecular weight excluding hydrogens is 402 g/mol. The van der Waals surface area contributed by atoms with Crippen LogP contribution < -0.4 is 4.74 Å². The van der Waals surface area contributed by atoms with Crippen molar-refractivity contribution in [3.63, 3.8) is 0 Å². The molecule has 1 aromatic rings. The quantitative estimate of drug-likeness (QED) is 0.416. The maximum absolute atomic E-state index is 10.3. The smallest absolute Gasteiger partial charge is 0.133 e. The van der Waals surface area contributed by atoms with E-state index >= 15 is 0 Å². The highest BCUT2D eigenvalue weighted by molar-refractivity contribution is 9.10. The van der Waals surface area contributed by atoms with E-state index in [0.717, 1.165) is 55.7 Å². The number of likely N-dealkylation sites (tertiary alicyclic amines) is 1. The van der Waals surface area contributed by atoms with Gasteiger partial charge in [-0.15, -0.1) is 0 Å². The van der Waals surface area contributed by atoms with Crippen molar-refractivity contribution in [2.24, 2.45) is 5.92 Å². The molecule has 0 aromatic heterocycles. The van der Waals surface area contributed by atoms with Gasteiger partial charge in [0.2, 0.25) is 0 Å². The summed E-state index contributed by atoms with van der Waals surface area (Å²) < 4.78 is 6.99. The lowest BCUT2D eigenvalue weighted by atomic mass is 9.89. The summed E-state index contributed by atoms with van der Waals surface area (Å²) in [4.78, 5) is 2.44. The molecule has 2 unspecified atom stereocenters. The summed E-state index contributed by atoms with van der Waals surface area (Å²) in [6, 6.07) is 6.40. The Labute approximate surface area is 174 Å². The minimum Gasteiger partial charge on any atom is -0.492 e. The normalized spacial score (nSPS) is 20.7. The van der Waals surface area contributed by atoms with E-state index < -0.39 is 0 Å². The van der Waals surface area contributed by atoms with Crippen LogP contribution in [0.4, 0.5) is 0 Å². The molecule has 1 aliphatic heterocycles. The Morgan fingerprint density at radius 1 is 1.11 bits per heavy atom. The number of piperidine rings is 1. The summed E-state index contributed by atoms with van der Waals surface area (Å²) in [6.07, 6.45) is 10.7. The number of ether oxygens (including phenoxy) is 1. The van der Waals surface area contributed by atoms with Gasteiger partial charge >= 0.3 is 0 Å². The van der Waals surface area contributed by atoms with Crippen molar-refractivity contribution in [3.05, 3.63) is 28.2 Å². The monoisotopic (exact) mass is 439 g/mol. The zero-order valence-electron chi connectivity index (χ0n) is 17.3. The Morgan fingerprint density at radius 3 is 2.56 bits per heavy atom. The molecule has 1 heterocycles. The molecule has 0 bridgehead atoms. The van der Waals surface area contributed by atoms with Gasteiger partial charge in [-0.1, -0.05) is 58.4 Å². The number of aliphatic hydroxyl groups excluding tert-OH is 1. The second-order valence-electron chi connectivity index (χ2n) is 7.95. The lowest BCUT2D eigenvalue weighted by molar-refractivity contribution is 0.0290. The Balaban J connectivity index is 1.73. The van der Waals surface area contributed by atoms with E-state index in [2.05, 4.69) is 52.9 Å². The molecule has 2 rings (SSSR count). The Morgan fingerprint density at radius 2 is 1.85 bits per heavy atom. The van der Waals surface area contributed by atoms with Crippen LogP contribution in [0.2, 0.25) is 0 Å². The van der Waals surface area contributed by atoms with Crippen molar-refractivity contribution < 1.29 is 9.84 Å². The number of rotatable bonds is 12. The van der Waals surface area contributed by atoms with E-state index in [1.54, 1.807) is 0 Å². The van der Waals surface area contributed by atoms with Gasteiger partial charge in [0.15, 0.2) is 0 Å². The van der Waals surface area contributed by atoms with E-state index in [9.17, 15) is 5.11 Å². The zero-order valence-corrected chi connectivity index (χ0v) is 18.8. The Kier molecular flexibility index (Phi) is 10.8. The molecule has 0 amide bonds. The van der Waals surface area contributed by atoms with Crippen LogP contribution in [-0.4, -0.2) is 42.4 Å². The molecule has 0 saturated carbocycles. The predicted octanol–water partition coefficient (Wildman–Crippen LogP) is 5.82. The molecule has 0 radical (unpaired) electrons. The van der Waals surface area contributed by atoms with Crippen molar-refractivity contribution >= 4 is 15.9 Å². The highest BCUT2D eigenvalue weighted by Gasteiger charge is 2.27. The van der Waals surface area contributed by atoms with Gasteiger partial charge in [0.05, 0.1) is 17.2 Å². The van der Waals surface area contributed by atoms with Crippen LogP contribution in [0.3, 0.4) is 0 Å². The molecular formula is C23H38BrNO2. The van der Waals surface area contributed by atoms with Gasteiger partial charge < -0.3 is 14.7 Å². The van der Waals surface area contributed by atoms with Crippen LogP contribution in [0.5, 0.6) is 5.75 Å². The van der Waals surface area contributed by atoms with Crippen LogP contribution in [0.25, 0.3) is 0 Å². The summed E-state index contributed by atoms with van der Waals surface area (Å²) >= 11 is 3.67. The molecule has 1 saturated heterocycles. The molecule has 1 aliphatic rings. The van der Waals surface area contributed by atoms with Crippen LogP contribution >= 0.6 is 15.9 Å². The van der Waals surface area contributed by atoms with E-state index in [0.29, 0.717) is 5.92 Å². The molecule has 1 aromatic carbocycles. The van der Waals surface area contributed by atoms with E-state index in [1.807, 2.05) is 0 Å². The lowest BCUT2D eigenvalue weighted by Gasteiger charge is -2.35. The average Bonchev–Trinajstić information content (AvgIpc) is 2.67. The minimum absolute atomic E-state index is 0.181. The van der Waals surface area contributed by atoms with Gasteiger partial charge in [-0.25, -0.2) is 0 Å². The number of aliphatic hydroxyl groups is 1. The number of benzene rings is 1. The number of unbranched alkanes of at least 4 members (excludes halogenated alkanes) is 6. The van der Waals surface area contributed by atoms with E-state index in [1.165, 1.54) is 44.1 Å². The summed E-state index contributed by atoms with van der Waals surface area (Å²) in [5.41, 5.74) is 1.27. The first-order valence-electron chi connectivity index (χ1n) is 11.0. The fraction of sp³-hybridized carbons (Fsp3) is 0.739. The summed E-state index contributed by atoms with van der Waals surface area (Å²) in [7, 11) is 0. The summed E-state index contributed by atoms with van der Waals surface area (Å²) in [5, 5.41) is 10.3. The Bertz CT molecular complexity index is 537. The average molecular weight is 440 g/mol. The van der Waals surface area contributed by atoms with Gasteiger partial charge in [-0.05, 0) is 59.4 Å². The number of hydrogen-bond donors (Lipinski definition) is 1. The topological polar surface area (TPSA) is 32.7 Å². The van der Waals surface area contributed by atoms with E-state index in [-0.39, 0.29) is 6.10 Å². The number of nitrogens with zero attached hydrogens (tertiary/aromatic N) is 1. The standard InChI is InChI=1S/C23H38BrNO2/c1-3-5-6-7-8-9-10-15-27-23-12-11-19(17-21(23)24)16-20-18-25(4-2)14-13-22(20)26/h11-12,17,20,22,26H,3-10,13-16,18H2,1-2H3. The zero-order chi connectivity index (χ0) is 19.5. The van der Waals surface area contributed by atoms with Crippen LogP contribution in [-0.2, 0) is 6.42 Å². The van der Waals surface area contributed by atoms with Crippen molar-refractivity contribution in [2.45, 2.75) is 77.7 Å². The third-order valence-corrected chi connectivity index (χ3v) is 6.34. The molecule has 0 aliphatic carbocycles. The van der Waals surface area contributed by atoms with Gasteiger partial charge in [-0.2, -0.15) is 0 Å². The van der Waals surface area contributed by atoms with Crippen molar-refractivity contribution in [2.75, 3.05) is 26.2 Å². The molecule has 1 N–H and O–H groups in total. The summed E-state index contributed by atoms with van der Waals surface area (Å²) in [5.74, 6) is 1.26. The van der Waals surface area contributed by atoms with E-state index in [4.69, 9.17) is 4.74 Å². The largest absolute Gasteiger partial charge is 0.492 e. The fourth-order valence-corrected chi connectivity index (χ4v) is 4.46. The van der Waals surface area contributed by atoms with Gasteiger partial charge in [0.25, 0.3) is 0 Å². The lowest BCUT2D eigenvalue weighted by Crippen LogP contribution is -2.43. The highest BCUT2D eigenvalue weighted by atomic mass is 79.9. The fourth-order valence-electron chi connectivity index (χ4n) is 3.92. The molecule has 1 fully saturated rings. The van der Waals surface area contributed by atoms with Crippen LogP contribution in [0, 0.1) is 5.92 Å². The maximum atomic E-state index is 10.3. The SMILES string of the molecule is CCCCCCCCCOc1ccc(CC2CN(CC)CCC2O)cc1Br. The first kappa shape index (κ1) is 22.7. The Hall–Kier alpha value is -0.580. The molecule has 2 atom stereocenters. The third kappa shape index (κ3) is 8.13. The first-order valence-corrected chi connectivity index (χ1v) is 11.7. The second kappa shape index (κ2) is 12.8. The van der Waals surface area contributed by atoms with Gasteiger partial charge in [0, 0.05) is 19.0 Å². The minimum atomic E-state index is -0.181. The first-order chi connectivity index (χ1) is 13.1. The molecule has 154 valence electrons. The van der Waals surface area contributed by atoms with Crippen molar-refractivity contribution in [1.82, 2.24) is 4.90 Å². The second-order valence-corrected chi connectivity index (χ2v) is 8.80.